The molecular weight excluding hydrogens is 445 g/mol. The maximum atomic E-state index is 13.2. The number of carbonyl (C=O) groups is 2. The second kappa shape index (κ2) is 9.05. The van der Waals surface area contributed by atoms with Crippen molar-refractivity contribution >= 4 is 28.5 Å². The summed E-state index contributed by atoms with van der Waals surface area (Å²) in [5.41, 5.74) is 2.02. The average molecular weight is 466 g/mol. The first-order valence-corrected chi connectivity index (χ1v) is 10.6. The molecule has 4 aromatic rings. The fraction of sp³-hybridized carbons (Fsp3) is 0.154. The van der Waals surface area contributed by atoms with Crippen LogP contribution in [0.2, 0.25) is 0 Å². The lowest BCUT2D eigenvalue weighted by molar-refractivity contribution is -0.137. The van der Waals surface area contributed by atoms with Crippen molar-refractivity contribution < 1.29 is 27.9 Å². The molecule has 5 nitrogen and oxygen atoms in total. The van der Waals surface area contributed by atoms with Gasteiger partial charge in [0.2, 0.25) is 0 Å². The summed E-state index contributed by atoms with van der Waals surface area (Å²) in [5, 5.41) is 13.1. The van der Waals surface area contributed by atoms with E-state index in [-0.39, 0.29) is 12.1 Å². The maximum Gasteiger partial charge on any atom is 0.416 e. The molecule has 0 unspecified atom stereocenters. The van der Waals surface area contributed by atoms with Crippen molar-refractivity contribution in [3.63, 3.8) is 0 Å². The highest BCUT2D eigenvalue weighted by Gasteiger charge is 2.30. The monoisotopic (exact) mass is 466 g/mol. The van der Waals surface area contributed by atoms with Crippen LogP contribution in [-0.4, -0.2) is 21.6 Å². The number of amides is 1. The highest BCUT2D eigenvalue weighted by molar-refractivity contribution is 6.12. The Morgan fingerprint density at radius 3 is 2.26 bits per heavy atom. The molecule has 1 amide bonds. The van der Waals surface area contributed by atoms with Gasteiger partial charge in [-0.1, -0.05) is 37.3 Å². The normalized spacial score (nSPS) is 11.5. The SMILES string of the molecule is CCc1c(NC(=O)c2cccc3ccn(Cc4ccc(C(F)(F)F)cc4)c23)cccc1C(=O)O. The summed E-state index contributed by atoms with van der Waals surface area (Å²) in [6.45, 7) is 2.09. The number of para-hydroxylation sites is 1. The van der Waals surface area contributed by atoms with E-state index in [2.05, 4.69) is 5.32 Å². The summed E-state index contributed by atoms with van der Waals surface area (Å²) in [4.78, 5) is 24.8. The van der Waals surface area contributed by atoms with Crippen LogP contribution in [0.5, 0.6) is 0 Å². The standard InChI is InChI=1S/C26H21F3N2O3/c1-2-19-20(25(33)34)6-4-8-22(19)30-24(32)21-7-3-5-17-13-14-31(23(17)21)15-16-9-11-18(12-10-16)26(27,28)29/h3-14H,2,15H2,1H3,(H,30,32)(H,33,34). The van der Waals surface area contributed by atoms with Gasteiger partial charge in [-0.15, -0.1) is 0 Å². The number of nitrogens with zero attached hydrogens (tertiary/aromatic N) is 1. The van der Waals surface area contributed by atoms with Crippen LogP contribution in [0.1, 0.15) is 44.3 Å². The van der Waals surface area contributed by atoms with E-state index in [4.69, 9.17) is 0 Å². The number of fused-ring (bicyclic) bond motifs is 1. The molecule has 0 aliphatic rings. The lowest BCUT2D eigenvalue weighted by Gasteiger charge is -2.14. The molecule has 1 heterocycles. The summed E-state index contributed by atoms with van der Waals surface area (Å²) in [6.07, 6.45) is -2.20. The summed E-state index contributed by atoms with van der Waals surface area (Å²) >= 11 is 0. The minimum atomic E-state index is -4.40. The highest BCUT2D eigenvalue weighted by Crippen LogP contribution is 2.30. The number of nitrogens with one attached hydrogen (secondary N) is 1. The van der Waals surface area contributed by atoms with Crippen molar-refractivity contribution in [1.82, 2.24) is 4.57 Å². The number of carbonyl (C=O) groups excluding carboxylic acids is 1. The van der Waals surface area contributed by atoms with Gasteiger partial charge in [-0.2, -0.15) is 13.2 Å². The molecule has 34 heavy (non-hydrogen) atoms. The molecule has 4 rings (SSSR count). The second-order valence-corrected chi connectivity index (χ2v) is 7.83. The van der Waals surface area contributed by atoms with E-state index in [1.165, 1.54) is 18.2 Å². The lowest BCUT2D eigenvalue weighted by Crippen LogP contribution is -2.16. The average Bonchev–Trinajstić information content (AvgIpc) is 3.21. The molecule has 0 spiro atoms. The molecular formula is C26H21F3N2O3. The Balaban J connectivity index is 1.67. The molecule has 1 aromatic heterocycles. The van der Waals surface area contributed by atoms with E-state index in [9.17, 15) is 27.9 Å². The van der Waals surface area contributed by atoms with Gasteiger partial charge in [0, 0.05) is 23.8 Å². The molecule has 0 radical (unpaired) electrons. The Kier molecular flexibility index (Phi) is 6.15. The smallest absolute Gasteiger partial charge is 0.416 e. The van der Waals surface area contributed by atoms with Gasteiger partial charge >= 0.3 is 12.1 Å². The van der Waals surface area contributed by atoms with Crippen molar-refractivity contribution in [2.45, 2.75) is 26.1 Å². The number of aromatic carboxylic acids is 1. The third kappa shape index (κ3) is 4.52. The van der Waals surface area contributed by atoms with Crippen LogP contribution in [0.15, 0.2) is 72.9 Å². The van der Waals surface area contributed by atoms with Crippen molar-refractivity contribution in [2.75, 3.05) is 5.32 Å². The number of benzene rings is 3. The van der Waals surface area contributed by atoms with Gasteiger partial charge in [0.1, 0.15) is 0 Å². The summed E-state index contributed by atoms with van der Waals surface area (Å²) in [6, 6.07) is 16.7. The number of aromatic nitrogens is 1. The summed E-state index contributed by atoms with van der Waals surface area (Å²) in [7, 11) is 0. The van der Waals surface area contributed by atoms with Gasteiger partial charge in [-0.05, 0) is 53.9 Å². The van der Waals surface area contributed by atoms with E-state index >= 15 is 0 Å². The Morgan fingerprint density at radius 1 is 0.941 bits per heavy atom. The number of rotatable bonds is 6. The fourth-order valence-electron chi connectivity index (χ4n) is 4.05. The molecule has 8 heteroatoms. The van der Waals surface area contributed by atoms with Crippen LogP contribution in [-0.2, 0) is 19.1 Å². The van der Waals surface area contributed by atoms with Crippen LogP contribution < -0.4 is 5.32 Å². The number of anilines is 1. The molecule has 0 atom stereocenters. The van der Waals surface area contributed by atoms with E-state index in [0.29, 0.717) is 34.3 Å². The molecule has 0 fully saturated rings. The van der Waals surface area contributed by atoms with Gasteiger partial charge in [0.25, 0.3) is 5.91 Å². The Hall–Kier alpha value is -4.07. The molecule has 0 bridgehead atoms. The topological polar surface area (TPSA) is 71.3 Å². The van der Waals surface area contributed by atoms with E-state index < -0.39 is 23.6 Å². The maximum absolute atomic E-state index is 13.2. The second-order valence-electron chi connectivity index (χ2n) is 7.83. The number of hydrogen-bond donors (Lipinski definition) is 2. The first kappa shape index (κ1) is 23.1. The van der Waals surface area contributed by atoms with Gasteiger partial charge < -0.3 is 15.0 Å². The number of halogens is 3. The van der Waals surface area contributed by atoms with E-state index in [1.807, 2.05) is 19.1 Å². The third-order valence-electron chi connectivity index (χ3n) is 5.68. The van der Waals surface area contributed by atoms with E-state index in [1.54, 1.807) is 35.0 Å². The Bertz CT molecular complexity index is 1370. The lowest BCUT2D eigenvalue weighted by atomic mass is 10.0. The molecule has 2 N–H and O–H groups in total. The Labute approximate surface area is 193 Å². The van der Waals surface area contributed by atoms with Crippen molar-refractivity contribution in [1.29, 1.82) is 0 Å². The first-order valence-electron chi connectivity index (χ1n) is 10.6. The minimum Gasteiger partial charge on any atom is -0.478 e. The Morgan fingerprint density at radius 2 is 1.62 bits per heavy atom. The first-order chi connectivity index (χ1) is 16.2. The van der Waals surface area contributed by atoms with Crippen molar-refractivity contribution in [2.24, 2.45) is 0 Å². The summed E-state index contributed by atoms with van der Waals surface area (Å²) < 4.78 is 40.4. The van der Waals surface area contributed by atoms with Crippen LogP contribution in [0.3, 0.4) is 0 Å². The fourth-order valence-corrected chi connectivity index (χ4v) is 4.05. The van der Waals surface area contributed by atoms with Crippen molar-refractivity contribution in [3.05, 3.63) is 101 Å². The number of carboxylic acids is 1. The van der Waals surface area contributed by atoms with Crippen molar-refractivity contribution in [3.8, 4) is 0 Å². The molecule has 0 aliphatic heterocycles. The number of hydrogen-bond acceptors (Lipinski definition) is 2. The van der Waals surface area contributed by atoms with E-state index in [0.717, 1.165) is 17.5 Å². The van der Waals surface area contributed by atoms with Crippen LogP contribution >= 0.6 is 0 Å². The highest BCUT2D eigenvalue weighted by atomic mass is 19.4. The van der Waals surface area contributed by atoms with Gasteiger partial charge in [0.05, 0.1) is 22.2 Å². The third-order valence-corrected chi connectivity index (χ3v) is 5.68. The predicted molar refractivity (Wildman–Crippen MR) is 123 cm³/mol. The zero-order valence-electron chi connectivity index (χ0n) is 18.2. The minimum absolute atomic E-state index is 0.129. The summed E-state index contributed by atoms with van der Waals surface area (Å²) in [5.74, 6) is -1.48. The van der Waals surface area contributed by atoms with Gasteiger partial charge in [-0.25, -0.2) is 4.79 Å². The quantitative estimate of drug-likeness (QED) is 0.354. The zero-order valence-corrected chi connectivity index (χ0v) is 18.2. The van der Waals surface area contributed by atoms with Gasteiger partial charge in [0.15, 0.2) is 0 Å². The van der Waals surface area contributed by atoms with Crippen LogP contribution in [0.25, 0.3) is 10.9 Å². The number of carboxylic acid groups (broad SMARTS) is 1. The largest absolute Gasteiger partial charge is 0.478 e. The van der Waals surface area contributed by atoms with Crippen LogP contribution in [0.4, 0.5) is 18.9 Å². The van der Waals surface area contributed by atoms with Crippen LogP contribution in [0, 0.1) is 0 Å². The molecule has 174 valence electrons. The zero-order chi connectivity index (χ0) is 24.5. The molecule has 0 saturated heterocycles. The van der Waals surface area contributed by atoms with Gasteiger partial charge in [-0.3, -0.25) is 4.79 Å². The molecule has 0 aliphatic carbocycles. The molecule has 0 saturated carbocycles. The molecule has 3 aromatic carbocycles. The predicted octanol–water partition coefficient (Wildman–Crippen LogP) is 6.22. The number of alkyl halides is 3.